The SMILES string of the molecule is CC.CC.CC.CC.CCc1cccc(CN2CCC(c3ccncc3)C2)c1. The molecule has 0 aliphatic carbocycles. The summed E-state index contributed by atoms with van der Waals surface area (Å²) in [6, 6.07) is 13.3. The van der Waals surface area contributed by atoms with Crippen LogP contribution in [0.25, 0.3) is 0 Å². The average Bonchev–Trinajstić information content (AvgIpc) is 3.28. The third kappa shape index (κ3) is 10.6. The fraction of sp³-hybridized carbons (Fsp3) is 0.577. The van der Waals surface area contributed by atoms with Gasteiger partial charge in [-0.15, -0.1) is 0 Å². The fourth-order valence-corrected chi connectivity index (χ4v) is 3.09. The molecule has 0 radical (unpaired) electrons. The summed E-state index contributed by atoms with van der Waals surface area (Å²) >= 11 is 0. The van der Waals surface area contributed by atoms with E-state index in [-0.39, 0.29) is 0 Å². The van der Waals surface area contributed by atoms with E-state index in [1.54, 1.807) is 0 Å². The van der Waals surface area contributed by atoms with Crippen LogP contribution in [-0.4, -0.2) is 23.0 Å². The standard InChI is InChI=1S/C18H22N2.4C2H6/c1-2-15-4-3-5-16(12-15)13-20-11-8-18(14-20)17-6-9-19-10-7-17;4*1-2/h3-7,9-10,12,18H,2,8,11,13-14H2,1H3;4*1-2H3. The smallest absolute Gasteiger partial charge is 0.0270 e. The highest BCUT2D eigenvalue weighted by Crippen LogP contribution is 2.27. The van der Waals surface area contributed by atoms with Crippen molar-refractivity contribution >= 4 is 0 Å². The van der Waals surface area contributed by atoms with E-state index in [0.29, 0.717) is 5.92 Å². The van der Waals surface area contributed by atoms with Crippen molar-refractivity contribution in [3.05, 3.63) is 65.5 Å². The number of hydrogen-bond donors (Lipinski definition) is 0. The van der Waals surface area contributed by atoms with Crippen molar-refractivity contribution in [2.24, 2.45) is 0 Å². The van der Waals surface area contributed by atoms with Gasteiger partial charge >= 0.3 is 0 Å². The molecule has 0 N–H and O–H groups in total. The second-order valence-corrected chi connectivity index (χ2v) is 5.67. The summed E-state index contributed by atoms with van der Waals surface area (Å²) in [4.78, 5) is 6.68. The molecular weight excluding hydrogens is 340 g/mol. The summed E-state index contributed by atoms with van der Waals surface area (Å²) in [5, 5.41) is 0. The lowest BCUT2D eigenvalue weighted by molar-refractivity contribution is 0.327. The molecule has 2 nitrogen and oxygen atoms in total. The number of nitrogens with zero attached hydrogens (tertiary/aromatic N) is 2. The van der Waals surface area contributed by atoms with Crippen molar-refractivity contribution in [2.75, 3.05) is 13.1 Å². The van der Waals surface area contributed by atoms with Gasteiger partial charge < -0.3 is 0 Å². The van der Waals surface area contributed by atoms with Crippen LogP contribution in [0.2, 0.25) is 0 Å². The van der Waals surface area contributed by atoms with Gasteiger partial charge in [0.2, 0.25) is 0 Å². The molecule has 2 aromatic rings. The third-order valence-electron chi connectivity index (χ3n) is 4.26. The molecule has 1 fully saturated rings. The second-order valence-electron chi connectivity index (χ2n) is 5.67. The first kappa shape index (κ1) is 28.5. The molecule has 1 aliphatic heterocycles. The number of benzene rings is 1. The third-order valence-corrected chi connectivity index (χ3v) is 4.26. The summed E-state index contributed by atoms with van der Waals surface area (Å²) in [7, 11) is 0. The molecule has 28 heavy (non-hydrogen) atoms. The van der Waals surface area contributed by atoms with Gasteiger partial charge in [-0.25, -0.2) is 0 Å². The molecule has 0 saturated carbocycles. The first-order valence-electron chi connectivity index (χ1n) is 11.5. The Morgan fingerprint density at radius 1 is 0.857 bits per heavy atom. The lowest BCUT2D eigenvalue weighted by atomic mass is 10.00. The fourth-order valence-electron chi connectivity index (χ4n) is 3.09. The molecule has 2 heterocycles. The molecule has 1 unspecified atom stereocenters. The van der Waals surface area contributed by atoms with Gasteiger partial charge in [0.15, 0.2) is 0 Å². The molecular formula is C26H46N2. The molecule has 0 bridgehead atoms. The summed E-state index contributed by atoms with van der Waals surface area (Å²) in [5.41, 5.74) is 4.32. The van der Waals surface area contributed by atoms with Crippen LogP contribution in [0, 0.1) is 0 Å². The first-order chi connectivity index (χ1) is 13.8. The van der Waals surface area contributed by atoms with Crippen LogP contribution in [0.5, 0.6) is 0 Å². The number of pyridine rings is 1. The lowest BCUT2D eigenvalue weighted by Crippen LogP contribution is -2.19. The van der Waals surface area contributed by atoms with E-state index in [1.807, 2.05) is 67.8 Å². The topological polar surface area (TPSA) is 16.1 Å². The largest absolute Gasteiger partial charge is 0.298 e. The van der Waals surface area contributed by atoms with Crippen LogP contribution in [0.4, 0.5) is 0 Å². The van der Waals surface area contributed by atoms with Crippen LogP contribution >= 0.6 is 0 Å². The van der Waals surface area contributed by atoms with Crippen molar-refractivity contribution in [2.45, 2.75) is 87.6 Å². The maximum absolute atomic E-state index is 4.11. The number of hydrogen-bond acceptors (Lipinski definition) is 2. The highest BCUT2D eigenvalue weighted by molar-refractivity contribution is 5.24. The van der Waals surface area contributed by atoms with Gasteiger partial charge in [-0.05, 0) is 54.1 Å². The van der Waals surface area contributed by atoms with Gasteiger partial charge in [0, 0.05) is 25.5 Å². The molecule has 1 aromatic heterocycles. The molecule has 0 spiro atoms. The van der Waals surface area contributed by atoms with Crippen LogP contribution in [0.1, 0.15) is 91.3 Å². The molecule has 1 atom stereocenters. The molecule has 3 rings (SSSR count). The Morgan fingerprint density at radius 2 is 1.43 bits per heavy atom. The van der Waals surface area contributed by atoms with E-state index in [0.717, 1.165) is 13.0 Å². The normalized spacial score (nSPS) is 14.7. The number of aryl methyl sites for hydroxylation is 1. The van der Waals surface area contributed by atoms with E-state index in [2.05, 4.69) is 53.2 Å². The molecule has 1 aliphatic rings. The van der Waals surface area contributed by atoms with Crippen molar-refractivity contribution in [1.82, 2.24) is 9.88 Å². The van der Waals surface area contributed by atoms with E-state index in [1.165, 1.54) is 36.2 Å². The molecule has 160 valence electrons. The van der Waals surface area contributed by atoms with Crippen molar-refractivity contribution in [3.63, 3.8) is 0 Å². The number of likely N-dealkylation sites (tertiary alicyclic amines) is 1. The van der Waals surface area contributed by atoms with E-state index < -0.39 is 0 Å². The first-order valence-corrected chi connectivity index (χ1v) is 11.5. The zero-order valence-corrected chi connectivity index (χ0v) is 20.1. The predicted octanol–water partition coefficient (Wildman–Crippen LogP) is 7.74. The van der Waals surface area contributed by atoms with Gasteiger partial charge in [-0.3, -0.25) is 9.88 Å². The van der Waals surface area contributed by atoms with Crippen LogP contribution < -0.4 is 0 Å². The zero-order chi connectivity index (χ0) is 21.8. The second kappa shape index (κ2) is 20.1. The summed E-state index contributed by atoms with van der Waals surface area (Å²) in [5.74, 6) is 0.673. The average molecular weight is 387 g/mol. The van der Waals surface area contributed by atoms with Gasteiger partial charge in [0.05, 0.1) is 0 Å². The van der Waals surface area contributed by atoms with Crippen molar-refractivity contribution in [3.8, 4) is 0 Å². The highest BCUT2D eigenvalue weighted by Gasteiger charge is 2.23. The van der Waals surface area contributed by atoms with E-state index >= 15 is 0 Å². The quantitative estimate of drug-likeness (QED) is 0.534. The van der Waals surface area contributed by atoms with Gasteiger partial charge in [-0.1, -0.05) is 86.6 Å². The molecule has 1 saturated heterocycles. The highest BCUT2D eigenvalue weighted by atomic mass is 15.1. The van der Waals surface area contributed by atoms with Gasteiger partial charge in [-0.2, -0.15) is 0 Å². The van der Waals surface area contributed by atoms with Crippen molar-refractivity contribution < 1.29 is 0 Å². The summed E-state index contributed by atoms with van der Waals surface area (Å²) in [6.45, 7) is 21.7. The maximum atomic E-state index is 4.11. The minimum atomic E-state index is 0.673. The molecule has 1 aromatic carbocycles. The van der Waals surface area contributed by atoms with Crippen LogP contribution in [0.3, 0.4) is 0 Å². The lowest BCUT2D eigenvalue weighted by Gasteiger charge is -2.16. The Balaban J connectivity index is 0. The Bertz CT molecular complexity index is 551. The zero-order valence-electron chi connectivity index (χ0n) is 20.1. The maximum Gasteiger partial charge on any atom is 0.0270 e. The minimum absolute atomic E-state index is 0.673. The Morgan fingerprint density at radius 3 is 2.00 bits per heavy atom. The summed E-state index contributed by atoms with van der Waals surface area (Å²) in [6.07, 6.45) is 6.19. The molecule has 2 heteroatoms. The number of aromatic nitrogens is 1. The van der Waals surface area contributed by atoms with Gasteiger partial charge in [0.25, 0.3) is 0 Å². The molecule has 0 amide bonds. The van der Waals surface area contributed by atoms with Crippen LogP contribution in [0.15, 0.2) is 48.8 Å². The van der Waals surface area contributed by atoms with Crippen molar-refractivity contribution in [1.29, 1.82) is 0 Å². The van der Waals surface area contributed by atoms with E-state index in [9.17, 15) is 0 Å². The Hall–Kier alpha value is -1.67. The minimum Gasteiger partial charge on any atom is -0.298 e. The summed E-state index contributed by atoms with van der Waals surface area (Å²) < 4.78 is 0. The Kier molecular flexibility index (Phi) is 20.5. The monoisotopic (exact) mass is 386 g/mol. The van der Waals surface area contributed by atoms with E-state index in [4.69, 9.17) is 0 Å². The Labute approximate surface area is 176 Å². The van der Waals surface area contributed by atoms with Gasteiger partial charge in [0.1, 0.15) is 0 Å². The number of rotatable bonds is 4. The van der Waals surface area contributed by atoms with Crippen LogP contribution in [-0.2, 0) is 13.0 Å². The predicted molar refractivity (Wildman–Crippen MR) is 128 cm³/mol.